The van der Waals surface area contributed by atoms with Gasteiger partial charge in [0.1, 0.15) is 12.3 Å². The summed E-state index contributed by atoms with van der Waals surface area (Å²) < 4.78 is 15.5. The molecule has 3 aromatic heterocycles. The monoisotopic (exact) mass is 411 g/mol. The molecule has 156 valence electrons. The normalized spacial score (nSPS) is 11.3. The van der Waals surface area contributed by atoms with E-state index in [9.17, 15) is 14.4 Å². The minimum Gasteiger partial charge on any atom is -0.497 e. The van der Waals surface area contributed by atoms with E-state index in [2.05, 4.69) is 9.72 Å². The standard InChI is InChI=1S/C20H21N5O5/c1-12-9-24-16-17(22(2)20(28)25(18(16)27)11-15(26)30-4)21-19(24)23(12)10-13-5-7-14(29-3)8-6-13/h5-9H,10-11H2,1-4H3. The number of esters is 1. The molecule has 30 heavy (non-hydrogen) atoms. The van der Waals surface area contributed by atoms with Crippen LogP contribution in [0.1, 0.15) is 11.3 Å². The predicted octanol–water partition coefficient (Wildman–Crippen LogP) is 0.688. The highest BCUT2D eigenvalue weighted by Crippen LogP contribution is 2.19. The van der Waals surface area contributed by atoms with Crippen LogP contribution in [-0.2, 0) is 29.7 Å². The summed E-state index contributed by atoms with van der Waals surface area (Å²) in [5, 5.41) is 0. The maximum atomic E-state index is 13.0. The first-order valence-corrected chi connectivity index (χ1v) is 9.23. The van der Waals surface area contributed by atoms with Crippen LogP contribution in [0.25, 0.3) is 16.9 Å². The van der Waals surface area contributed by atoms with Gasteiger partial charge in [0.15, 0.2) is 11.2 Å². The number of fused-ring (bicyclic) bond motifs is 3. The van der Waals surface area contributed by atoms with Crippen molar-refractivity contribution in [3.63, 3.8) is 0 Å². The molecule has 0 atom stereocenters. The molecule has 0 unspecified atom stereocenters. The lowest BCUT2D eigenvalue weighted by Gasteiger charge is -2.07. The summed E-state index contributed by atoms with van der Waals surface area (Å²) in [5.41, 5.74) is 1.19. The van der Waals surface area contributed by atoms with E-state index in [0.717, 1.165) is 21.6 Å². The number of hydrogen-bond acceptors (Lipinski definition) is 6. The van der Waals surface area contributed by atoms with Gasteiger partial charge >= 0.3 is 11.7 Å². The van der Waals surface area contributed by atoms with E-state index in [1.165, 1.54) is 18.7 Å². The molecule has 0 N–H and O–H groups in total. The van der Waals surface area contributed by atoms with Crippen LogP contribution in [0, 0.1) is 6.92 Å². The molecule has 0 saturated heterocycles. The number of hydrogen-bond donors (Lipinski definition) is 0. The Morgan fingerprint density at radius 2 is 1.80 bits per heavy atom. The van der Waals surface area contributed by atoms with Crippen molar-refractivity contribution in [3.05, 3.63) is 62.6 Å². The number of imidazole rings is 2. The van der Waals surface area contributed by atoms with E-state index >= 15 is 0 Å². The maximum absolute atomic E-state index is 13.0. The zero-order valence-electron chi connectivity index (χ0n) is 17.1. The number of aryl methyl sites for hydroxylation is 2. The van der Waals surface area contributed by atoms with Gasteiger partial charge in [0.05, 0.1) is 20.8 Å². The summed E-state index contributed by atoms with van der Waals surface area (Å²) >= 11 is 0. The van der Waals surface area contributed by atoms with Gasteiger partial charge in [0.25, 0.3) is 5.56 Å². The predicted molar refractivity (Wildman–Crippen MR) is 109 cm³/mol. The van der Waals surface area contributed by atoms with Gasteiger partial charge in [-0.15, -0.1) is 0 Å². The highest BCUT2D eigenvalue weighted by atomic mass is 16.5. The van der Waals surface area contributed by atoms with Crippen molar-refractivity contribution in [1.82, 2.24) is 23.1 Å². The average Bonchev–Trinajstić information content (AvgIpc) is 3.26. The molecule has 0 radical (unpaired) electrons. The summed E-state index contributed by atoms with van der Waals surface area (Å²) in [5.74, 6) is 0.615. The first kappa shape index (κ1) is 19.5. The first-order valence-electron chi connectivity index (χ1n) is 9.23. The number of aromatic nitrogens is 5. The Morgan fingerprint density at radius 1 is 1.10 bits per heavy atom. The smallest absolute Gasteiger partial charge is 0.333 e. The Balaban J connectivity index is 1.91. The summed E-state index contributed by atoms with van der Waals surface area (Å²) in [4.78, 5) is 41.9. The van der Waals surface area contributed by atoms with Crippen LogP contribution in [0.5, 0.6) is 5.75 Å². The van der Waals surface area contributed by atoms with Crippen molar-refractivity contribution in [2.45, 2.75) is 20.0 Å². The van der Waals surface area contributed by atoms with E-state index in [-0.39, 0.29) is 11.2 Å². The quantitative estimate of drug-likeness (QED) is 0.448. The Hall–Kier alpha value is -3.82. The minimum absolute atomic E-state index is 0.229. The van der Waals surface area contributed by atoms with Crippen LogP contribution >= 0.6 is 0 Å². The summed E-state index contributed by atoms with van der Waals surface area (Å²) in [6.07, 6.45) is 1.79. The van der Waals surface area contributed by atoms with E-state index in [1.807, 2.05) is 35.8 Å². The molecule has 10 heteroatoms. The van der Waals surface area contributed by atoms with Gasteiger partial charge in [-0.2, -0.15) is 4.98 Å². The van der Waals surface area contributed by atoms with Crippen LogP contribution in [-0.4, -0.2) is 43.3 Å². The first-order chi connectivity index (χ1) is 14.3. The van der Waals surface area contributed by atoms with Crippen LogP contribution in [0.2, 0.25) is 0 Å². The van der Waals surface area contributed by atoms with Crippen LogP contribution in [0.15, 0.2) is 40.1 Å². The van der Waals surface area contributed by atoms with Crippen molar-refractivity contribution in [2.75, 3.05) is 14.2 Å². The van der Waals surface area contributed by atoms with E-state index in [1.54, 1.807) is 17.7 Å². The fraction of sp³-hybridized carbons (Fsp3) is 0.300. The van der Waals surface area contributed by atoms with E-state index < -0.39 is 23.8 Å². The van der Waals surface area contributed by atoms with Crippen molar-refractivity contribution in [1.29, 1.82) is 0 Å². The summed E-state index contributed by atoms with van der Waals surface area (Å²) in [6, 6.07) is 7.66. The van der Waals surface area contributed by atoms with Crippen molar-refractivity contribution < 1.29 is 14.3 Å². The third-order valence-corrected chi connectivity index (χ3v) is 5.16. The molecular formula is C20H21N5O5. The number of benzene rings is 1. The van der Waals surface area contributed by atoms with Crippen molar-refractivity contribution in [2.24, 2.45) is 7.05 Å². The number of ether oxygens (including phenoxy) is 2. The zero-order valence-corrected chi connectivity index (χ0v) is 17.1. The molecule has 0 spiro atoms. The van der Waals surface area contributed by atoms with Crippen LogP contribution < -0.4 is 16.0 Å². The Bertz CT molecular complexity index is 1390. The third-order valence-electron chi connectivity index (χ3n) is 5.16. The lowest BCUT2D eigenvalue weighted by atomic mass is 10.2. The van der Waals surface area contributed by atoms with Gasteiger partial charge in [-0.05, 0) is 24.6 Å². The zero-order chi connectivity index (χ0) is 21.6. The summed E-state index contributed by atoms with van der Waals surface area (Å²) in [7, 11) is 4.34. The van der Waals surface area contributed by atoms with Gasteiger partial charge < -0.3 is 14.0 Å². The van der Waals surface area contributed by atoms with Gasteiger partial charge in [-0.3, -0.25) is 18.6 Å². The molecule has 0 aliphatic carbocycles. The van der Waals surface area contributed by atoms with Crippen molar-refractivity contribution >= 4 is 22.9 Å². The molecule has 3 heterocycles. The van der Waals surface area contributed by atoms with Gasteiger partial charge in [0, 0.05) is 18.9 Å². The fourth-order valence-electron chi connectivity index (χ4n) is 3.50. The molecule has 0 aliphatic rings. The van der Waals surface area contributed by atoms with Crippen LogP contribution in [0.3, 0.4) is 0 Å². The molecule has 0 fully saturated rings. The lowest BCUT2D eigenvalue weighted by molar-refractivity contribution is -0.141. The third kappa shape index (κ3) is 2.97. The molecule has 4 rings (SSSR count). The molecular weight excluding hydrogens is 390 g/mol. The lowest BCUT2D eigenvalue weighted by Crippen LogP contribution is -2.41. The maximum Gasteiger partial charge on any atom is 0.333 e. The number of carbonyl (C=O) groups is 1. The molecule has 0 amide bonds. The second kappa shape index (κ2) is 7.21. The molecule has 1 aromatic carbocycles. The largest absolute Gasteiger partial charge is 0.497 e. The molecule has 0 aliphatic heterocycles. The highest BCUT2D eigenvalue weighted by Gasteiger charge is 2.21. The number of methoxy groups -OCH3 is 2. The van der Waals surface area contributed by atoms with Crippen molar-refractivity contribution in [3.8, 4) is 5.75 Å². The van der Waals surface area contributed by atoms with Gasteiger partial charge in [-0.25, -0.2) is 9.36 Å². The molecule has 0 saturated carbocycles. The Labute approximate surface area is 170 Å². The van der Waals surface area contributed by atoms with Gasteiger partial charge in [0.2, 0.25) is 5.78 Å². The Kier molecular flexibility index (Phi) is 4.69. The van der Waals surface area contributed by atoms with Crippen LogP contribution in [0.4, 0.5) is 0 Å². The number of rotatable bonds is 5. The number of carbonyl (C=O) groups excluding carboxylic acids is 1. The molecule has 10 nitrogen and oxygen atoms in total. The second-order valence-corrected chi connectivity index (χ2v) is 6.97. The molecule has 0 bridgehead atoms. The molecule has 4 aromatic rings. The topological polar surface area (TPSA) is 102 Å². The van der Waals surface area contributed by atoms with Gasteiger partial charge in [-0.1, -0.05) is 12.1 Å². The SMILES string of the molecule is COC(=O)Cn1c(=O)c2c(nc3n(Cc4ccc(OC)cc4)c(C)cn23)n(C)c1=O. The summed E-state index contributed by atoms with van der Waals surface area (Å²) in [6.45, 7) is 1.98. The minimum atomic E-state index is -0.678. The average molecular weight is 411 g/mol. The number of nitrogens with zero attached hydrogens (tertiary/aromatic N) is 5. The van der Waals surface area contributed by atoms with E-state index in [4.69, 9.17) is 4.74 Å². The second-order valence-electron chi connectivity index (χ2n) is 6.97. The Morgan fingerprint density at radius 3 is 2.43 bits per heavy atom. The van der Waals surface area contributed by atoms with E-state index in [0.29, 0.717) is 12.3 Å². The fourth-order valence-corrected chi connectivity index (χ4v) is 3.50. The highest BCUT2D eigenvalue weighted by molar-refractivity contribution is 5.76.